The highest BCUT2D eigenvalue weighted by Gasteiger charge is 2.19. The van der Waals surface area contributed by atoms with Gasteiger partial charge in [-0.2, -0.15) is 5.26 Å². The van der Waals surface area contributed by atoms with E-state index in [0.29, 0.717) is 43.5 Å². The molecular formula is C15H15N5O2. The number of carbonyl (C=O) groups is 1. The highest BCUT2D eigenvalue weighted by atomic mass is 16.5. The summed E-state index contributed by atoms with van der Waals surface area (Å²) in [5.41, 5.74) is 1.47. The van der Waals surface area contributed by atoms with Crippen molar-refractivity contribution in [3.63, 3.8) is 0 Å². The predicted octanol–water partition coefficient (Wildman–Crippen LogP) is 1.32. The summed E-state index contributed by atoms with van der Waals surface area (Å²) in [6.45, 7) is 2.60. The average Bonchev–Trinajstić information content (AvgIpc) is 2.55. The van der Waals surface area contributed by atoms with Crippen molar-refractivity contribution >= 4 is 28.6 Å². The number of nitrogens with one attached hydrogen (secondary N) is 1. The van der Waals surface area contributed by atoms with Gasteiger partial charge in [-0.25, -0.2) is 9.97 Å². The van der Waals surface area contributed by atoms with Crippen molar-refractivity contribution in [3.8, 4) is 6.07 Å². The molecule has 0 atom stereocenters. The van der Waals surface area contributed by atoms with Crippen LogP contribution in [-0.4, -0.2) is 42.2 Å². The van der Waals surface area contributed by atoms with Gasteiger partial charge < -0.3 is 15.0 Å². The van der Waals surface area contributed by atoms with E-state index in [9.17, 15) is 4.79 Å². The summed E-state index contributed by atoms with van der Waals surface area (Å²) >= 11 is 0. The van der Waals surface area contributed by atoms with E-state index >= 15 is 0 Å². The fourth-order valence-electron chi connectivity index (χ4n) is 2.32. The maximum Gasteiger partial charge on any atom is 0.239 e. The number of hydrogen-bond donors (Lipinski definition) is 1. The van der Waals surface area contributed by atoms with Crippen LogP contribution in [0.4, 0.5) is 11.6 Å². The molecule has 22 heavy (non-hydrogen) atoms. The van der Waals surface area contributed by atoms with Crippen LogP contribution in [0.2, 0.25) is 0 Å². The molecule has 0 aliphatic carbocycles. The number of fused-ring (bicyclic) bond motifs is 1. The van der Waals surface area contributed by atoms with Crippen LogP contribution in [0.3, 0.4) is 0 Å². The molecule has 0 unspecified atom stereocenters. The molecule has 1 aromatic heterocycles. The summed E-state index contributed by atoms with van der Waals surface area (Å²) in [4.78, 5) is 22.9. The zero-order chi connectivity index (χ0) is 15.4. The molecule has 0 radical (unpaired) electrons. The van der Waals surface area contributed by atoms with Gasteiger partial charge in [-0.05, 0) is 12.1 Å². The van der Waals surface area contributed by atoms with Crippen LogP contribution in [0.5, 0.6) is 0 Å². The van der Waals surface area contributed by atoms with E-state index in [0.717, 1.165) is 5.52 Å². The normalized spacial score (nSPS) is 14.6. The lowest BCUT2D eigenvalue weighted by Crippen LogP contribution is -2.37. The maximum absolute atomic E-state index is 11.7. The van der Waals surface area contributed by atoms with Crippen molar-refractivity contribution in [2.24, 2.45) is 0 Å². The van der Waals surface area contributed by atoms with Gasteiger partial charge in [0.05, 0.1) is 30.3 Å². The Hall–Kier alpha value is -2.72. The third-order valence-electron chi connectivity index (χ3n) is 3.36. The number of nitrogens with zero attached hydrogens (tertiary/aromatic N) is 4. The van der Waals surface area contributed by atoms with E-state index in [1.165, 1.54) is 0 Å². The molecule has 1 aliphatic rings. The van der Waals surface area contributed by atoms with Gasteiger partial charge in [-0.15, -0.1) is 0 Å². The minimum atomic E-state index is -0.387. The van der Waals surface area contributed by atoms with Gasteiger partial charge in [0.2, 0.25) is 5.91 Å². The Morgan fingerprint density at radius 1 is 1.27 bits per heavy atom. The second-order valence-corrected chi connectivity index (χ2v) is 4.87. The van der Waals surface area contributed by atoms with Gasteiger partial charge in [0.25, 0.3) is 0 Å². The minimum absolute atomic E-state index is 0.211. The predicted molar refractivity (Wildman–Crippen MR) is 81.4 cm³/mol. The van der Waals surface area contributed by atoms with E-state index < -0.39 is 0 Å². The number of hydrogen-bond acceptors (Lipinski definition) is 6. The van der Waals surface area contributed by atoms with Gasteiger partial charge in [0.15, 0.2) is 11.6 Å². The third kappa shape index (κ3) is 2.97. The van der Waals surface area contributed by atoms with Gasteiger partial charge in [-0.1, -0.05) is 12.1 Å². The molecule has 2 aromatic rings. The Morgan fingerprint density at radius 3 is 2.64 bits per heavy atom. The van der Waals surface area contributed by atoms with Crippen LogP contribution in [0.1, 0.15) is 6.42 Å². The standard InChI is InChI=1S/C15H15N5O2/c16-6-5-13(21)19-14-15(20-7-9-22-10-8-20)18-12-4-2-1-3-11(12)17-14/h1-4H,5,7-10H2,(H,17,19,21). The second-order valence-electron chi connectivity index (χ2n) is 4.87. The van der Waals surface area contributed by atoms with Crippen molar-refractivity contribution in [2.75, 3.05) is 36.5 Å². The number of carbonyl (C=O) groups excluding carboxylic acids is 1. The molecule has 7 heteroatoms. The first-order valence-electron chi connectivity index (χ1n) is 7.04. The fourth-order valence-corrected chi connectivity index (χ4v) is 2.32. The van der Waals surface area contributed by atoms with E-state index in [2.05, 4.69) is 15.3 Å². The number of para-hydroxylation sites is 2. The lowest BCUT2D eigenvalue weighted by Gasteiger charge is -2.29. The van der Waals surface area contributed by atoms with Crippen LogP contribution >= 0.6 is 0 Å². The molecule has 1 saturated heterocycles. The maximum atomic E-state index is 11.7. The first-order valence-corrected chi connectivity index (χ1v) is 7.04. The molecule has 3 rings (SSSR count). The van der Waals surface area contributed by atoms with Crippen molar-refractivity contribution in [3.05, 3.63) is 24.3 Å². The van der Waals surface area contributed by atoms with Gasteiger partial charge >= 0.3 is 0 Å². The largest absolute Gasteiger partial charge is 0.378 e. The van der Waals surface area contributed by atoms with Crippen LogP contribution in [0.15, 0.2) is 24.3 Å². The Bertz CT molecular complexity index is 734. The summed E-state index contributed by atoms with van der Waals surface area (Å²) in [5.74, 6) is 0.621. The molecule has 1 amide bonds. The average molecular weight is 297 g/mol. The first kappa shape index (κ1) is 14.2. The quantitative estimate of drug-likeness (QED) is 0.918. The topological polar surface area (TPSA) is 91.1 Å². The SMILES string of the molecule is N#CCC(=O)Nc1nc2ccccc2nc1N1CCOCC1. The van der Waals surface area contributed by atoms with E-state index in [4.69, 9.17) is 10.00 Å². The Balaban J connectivity index is 2.01. The summed E-state index contributed by atoms with van der Waals surface area (Å²) in [5, 5.41) is 11.3. The molecule has 1 aromatic carbocycles. The monoisotopic (exact) mass is 297 g/mol. The molecular weight excluding hydrogens is 282 g/mol. The number of rotatable bonds is 3. The summed E-state index contributed by atoms with van der Waals surface area (Å²) in [6.07, 6.45) is -0.211. The van der Waals surface area contributed by atoms with Crippen molar-refractivity contribution in [1.29, 1.82) is 5.26 Å². The first-order chi connectivity index (χ1) is 10.8. The lowest BCUT2D eigenvalue weighted by molar-refractivity contribution is -0.115. The molecule has 1 aliphatic heterocycles. The Labute approximate surface area is 127 Å². The van der Waals surface area contributed by atoms with Crippen LogP contribution in [0, 0.1) is 11.3 Å². The molecule has 1 fully saturated rings. The van der Waals surface area contributed by atoms with Crippen LogP contribution in [-0.2, 0) is 9.53 Å². The van der Waals surface area contributed by atoms with Gasteiger partial charge in [0, 0.05) is 13.1 Å². The molecule has 0 bridgehead atoms. The second kappa shape index (κ2) is 6.37. The summed E-state index contributed by atoms with van der Waals surface area (Å²) < 4.78 is 5.35. The van der Waals surface area contributed by atoms with Gasteiger partial charge in [0.1, 0.15) is 6.42 Å². The third-order valence-corrected chi connectivity index (χ3v) is 3.36. The summed E-state index contributed by atoms with van der Waals surface area (Å²) in [6, 6.07) is 9.32. The molecule has 7 nitrogen and oxygen atoms in total. The molecule has 2 heterocycles. The van der Waals surface area contributed by atoms with Crippen molar-refractivity contribution < 1.29 is 9.53 Å². The molecule has 0 saturated carbocycles. The van der Waals surface area contributed by atoms with E-state index in [1.807, 2.05) is 35.2 Å². The Kier molecular flexibility index (Phi) is 4.12. The zero-order valence-corrected chi connectivity index (χ0v) is 12.0. The number of ether oxygens (including phenoxy) is 1. The van der Waals surface area contributed by atoms with Crippen molar-refractivity contribution in [2.45, 2.75) is 6.42 Å². The van der Waals surface area contributed by atoms with Gasteiger partial charge in [-0.3, -0.25) is 4.79 Å². The number of morpholine rings is 1. The number of anilines is 2. The van der Waals surface area contributed by atoms with Crippen molar-refractivity contribution in [1.82, 2.24) is 9.97 Å². The van der Waals surface area contributed by atoms with E-state index in [1.54, 1.807) is 0 Å². The highest BCUT2D eigenvalue weighted by molar-refractivity contribution is 5.95. The number of benzene rings is 1. The number of amides is 1. The summed E-state index contributed by atoms with van der Waals surface area (Å²) in [7, 11) is 0. The zero-order valence-electron chi connectivity index (χ0n) is 12.0. The molecule has 112 valence electrons. The van der Waals surface area contributed by atoms with Crippen LogP contribution in [0.25, 0.3) is 11.0 Å². The number of aromatic nitrogens is 2. The smallest absolute Gasteiger partial charge is 0.239 e. The van der Waals surface area contributed by atoms with E-state index in [-0.39, 0.29) is 12.3 Å². The number of nitriles is 1. The fraction of sp³-hybridized carbons (Fsp3) is 0.333. The molecule has 1 N–H and O–H groups in total. The van der Waals surface area contributed by atoms with Crippen LogP contribution < -0.4 is 10.2 Å². The minimum Gasteiger partial charge on any atom is -0.378 e. The lowest BCUT2D eigenvalue weighted by atomic mass is 10.3. The Morgan fingerprint density at radius 2 is 1.95 bits per heavy atom. The molecule has 0 spiro atoms. The highest BCUT2D eigenvalue weighted by Crippen LogP contribution is 2.25.